The van der Waals surface area contributed by atoms with Gasteiger partial charge in [-0.2, -0.15) is 0 Å². The lowest BCUT2D eigenvalue weighted by molar-refractivity contribution is -0.167. The van der Waals surface area contributed by atoms with Crippen LogP contribution in [0.25, 0.3) is 0 Å². The quantitative estimate of drug-likeness (QED) is 0.0262. The van der Waals surface area contributed by atoms with E-state index in [1.165, 1.54) is 148 Å². The average molecular weight is 883 g/mol. The van der Waals surface area contributed by atoms with Crippen molar-refractivity contribution in [3.8, 4) is 0 Å². The van der Waals surface area contributed by atoms with Gasteiger partial charge in [-0.25, -0.2) is 0 Å². The molecular formula is C57H102O6. The molecule has 0 aliphatic carbocycles. The molecular weight excluding hydrogens is 781 g/mol. The van der Waals surface area contributed by atoms with E-state index in [0.717, 1.165) is 89.9 Å². The molecule has 0 aromatic carbocycles. The number of allylic oxidation sites excluding steroid dienone is 8. The number of carbonyl (C=O) groups excluding carboxylic acids is 3. The number of esters is 3. The molecule has 0 bridgehead atoms. The van der Waals surface area contributed by atoms with Crippen molar-refractivity contribution in [1.29, 1.82) is 0 Å². The molecule has 63 heavy (non-hydrogen) atoms. The number of unbranched alkanes of at least 4 members (excludes halogenated alkanes) is 30. The van der Waals surface area contributed by atoms with E-state index >= 15 is 0 Å². The molecule has 6 nitrogen and oxygen atoms in total. The van der Waals surface area contributed by atoms with Crippen LogP contribution in [0.3, 0.4) is 0 Å². The van der Waals surface area contributed by atoms with E-state index in [2.05, 4.69) is 69.4 Å². The van der Waals surface area contributed by atoms with Gasteiger partial charge in [0.15, 0.2) is 6.10 Å². The van der Waals surface area contributed by atoms with E-state index in [9.17, 15) is 14.4 Å². The van der Waals surface area contributed by atoms with Crippen LogP contribution in [0, 0.1) is 0 Å². The van der Waals surface area contributed by atoms with Crippen molar-refractivity contribution in [1.82, 2.24) is 0 Å². The van der Waals surface area contributed by atoms with Crippen molar-refractivity contribution < 1.29 is 28.6 Å². The number of hydrogen-bond acceptors (Lipinski definition) is 6. The van der Waals surface area contributed by atoms with E-state index < -0.39 is 6.10 Å². The highest BCUT2D eigenvalue weighted by Gasteiger charge is 2.19. The molecule has 0 unspecified atom stereocenters. The van der Waals surface area contributed by atoms with Gasteiger partial charge in [0.1, 0.15) is 13.2 Å². The minimum Gasteiger partial charge on any atom is -0.462 e. The summed E-state index contributed by atoms with van der Waals surface area (Å²) in [4.78, 5) is 38.0. The van der Waals surface area contributed by atoms with Gasteiger partial charge in [-0.15, -0.1) is 0 Å². The van der Waals surface area contributed by atoms with Crippen LogP contribution in [0.5, 0.6) is 0 Å². The monoisotopic (exact) mass is 883 g/mol. The highest BCUT2D eigenvalue weighted by atomic mass is 16.6. The average Bonchev–Trinajstić information content (AvgIpc) is 3.28. The lowest BCUT2D eigenvalue weighted by Crippen LogP contribution is -2.30. The summed E-state index contributed by atoms with van der Waals surface area (Å²) in [6.45, 7) is 6.57. The molecule has 1 atom stereocenters. The molecule has 0 aromatic rings. The van der Waals surface area contributed by atoms with Crippen molar-refractivity contribution in [3.05, 3.63) is 48.6 Å². The van der Waals surface area contributed by atoms with E-state index in [-0.39, 0.29) is 31.1 Å². The molecule has 0 aromatic heterocycles. The molecule has 0 rings (SSSR count). The van der Waals surface area contributed by atoms with Crippen LogP contribution in [0.4, 0.5) is 0 Å². The number of carbonyl (C=O) groups is 3. The minimum absolute atomic E-state index is 0.0829. The van der Waals surface area contributed by atoms with Crippen LogP contribution in [-0.4, -0.2) is 37.2 Å². The third-order valence-electron chi connectivity index (χ3n) is 11.8. The predicted molar refractivity (Wildman–Crippen MR) is 270 cm³/mol. The third-order valence-corrected chi connectivity index (χ3v) is 11.8. The topological polar surface area (TPSA) is 78.9 Å². The normalized spacial score (nSPS) is 12.4. The van der Waals surface area contributed by atoms with Gasteiger partial charge < -0.3 is 14.2 Å². The van der Waals surface area contributed by atoms with Gasteiger partial charge in [-0.1, -0.05) is 211 Å². The lowest BCUT2D eigenvalue weighted by Gasteiger charge is -2.18. The van der Waals surface area contributed by atoms with Crippen molar-refractivity contribution in [2.45, 2.75) is 284 Å². The summed E-state index contributed by atoms with van der Waals surface area (Å²) in [5, 5.41) is 0. The maximum Gasteiger partial charge on any atom is 0.306 e. The van der Waals surface area contributed by atoms with Crippen LogP contribution < -0.4 is 0 Å². The second-order valence-corrected chi connectivity index (χ2v) is 18.1. The Bertz CT molecular complexity index is 1110. The van der Waals surface area contributed by atoms with E-state index in [1.807, 2.05) is 0 Å². The molecule has 366 valence electrons. The van der Waals surface area contributed by atoms with Gasteiger partial charge in [0.25, 0.3) is 0 Å². The highest BCUT2D eigenvalue weighted by Crippen LogP contribution is 2.15. The summed E-state index contributed by atoms with van der Waals surface area (Å²) in [6.07, 6.45) is 62.4. The van der Waals surface area contributed by atoms with Crippen molar-refractivity contribution >= 4 is 17.9 Å². The van der Waals surface area contributed by atoms with Gasteiger partial charge in [-0.3, -0.25) is 14.4 Å². The van der Waals surface area contributed by atoms with E-state index in [0.29, 0.717) is 19.3 Å². The largest absolute Gasteiger partial charge is 0.462 e. The molecule has 0 aliphatic rings. The molecule has 0 N–H and O–H groups in total. The molecule has 0 heterocycles. The van der Waals surface area contributed by atoms with Crippen molar-refractivity contribution in [3.63, 3.8) is 0 Å². The summed E-state index contributed by atoms with van der Waals surface area (Å²) in [7, 11) is 0. The fraction of sp³-hybridized carbons (Fsp3) is 0.807. The zero-order valence-electron chi connectivity index (χ0n) is 41.8. The fourth-order valence-electron chi connectivity index (χ4n) is 7.62. The molecule has 6 heteroatoms. The zero-order valence-corrected chi connectivity index (χ0v) is 41.8. The number of hydrogen-bond donors (Lipinski definition) is 0. The van der Waals surface area contributed by atoms with Crippen LogP contribution in [0.1, 0.15) is 278 Å². The Kier molecular flexibility index (Phi) is 49.8. The maximum atomic E-state index is 12.8. The third kappa shape index (κ3) is 50.2. The smallest absolute Gasteiger partial charge is 0.306 e. The molecule has 0 amide bonds. The van der Waals surface area contributed by atoms with E-state index in [4.69, 9.17) is 14.2 Å². The second kappa shape index (κ2) is 52.0. The molecule has 0 fully saturated rings. The second-order valence-electron chi connectivity index (χ2n) is 18.1. The Morgan fingerprint density at radius 1 is 0.317 bits per heavy atom. The van der Waals surface area contributed by atoms with Gasteiger partial charge in [0, 0.05) is 19.3 Å². The maximum absolute atomic E-state index is 12.8. The lowest BCUT2D eigenvalue weighted by atomic mass is 10.1. The van der Waals surface area contributed by atoms with Gasteiger partial charge in [0.2, 0.25) is 0 Å². The number of ether oxygens (including phenoxy) is 3. The highest BCUT2D eigenvalue weighted by molar-refractivity contribution is 5.71. The van der Waals surface area contributed by atoms with Gasteiger partial charge in [0.05, 0.1) is 0 Å². The summed E-state index contributed by atoms with van der Waals surface area (Å²) >= 11 is 0. The SMILES string of the molecule is CCCC/C=C\CCCCCCCC(=O)OC[C@H](COC(=O)CCCCCCCCC/C=C\CCCCCCCCCC)OC(=O)CCCCCCC/C=C\C/C=C\CCCCC. The molecule has 0 spiro atoms. The first-order valence-corrected chi connectivity index (χ1v) is 27.1. The molecule has 0 saturated heterocycles. The Labute approximate surface area is 390 Å². The van der Waals surface area contributed by atoms with Crippen LogP contribution >= 0.6 is 0 Å². The Morgan fingerprint density at radius 2 is 0.587 bits per heavy atom. The summed E-state index contributed by atoms with van der Waals surface area (Å²) in [5.41, 5.74) is 0. The summed E-state index contributed by atoms with van der Waals surface area (Å²) < 4.78 is 16.8. The first kappa shape index (κ1) is 60.4. The van der Waals surface area contributed by atoms with Crippen molar-refractivity contribution in [2.24, 2.45) is 0 Å². The number of rotatable bonds is 49. The van der Waals surface area contributed by atoms with Crippen LogP contribution in [0.2, 0.25) is 0 Å². The predicted octanol–water partition coefficient (Wildman–Crippen LogP) is 17.9. The molecule has 0 radical (unpaired) electrons. The van der Waals surface area contributed by atoms with Gasteiger partial charge >= 0.3 is 17.9 Å². The summed E-state index contributed by atoms with van der Waals surface area (Å²) in [6, 6.07) is 0. The van der Waals surface area contributed by atoms with Crippen molar-refractivity contribution in [2.75, 3.05) is 13.2 Å². The fourth-order valence-corrected chi connectivity index (χ4v) is 7.62. The van der Waals surface area contributed by atoms with Gasteiger partial charge in [-0.05, 0) is 96.3 Å². The minimum atomic E-state index is -0.784. The van der Waals surface area contributed by atoms with Crippen LogP contribution in [-0.2, 0) is 28.6 Å². The molecule has 0 saturated carbocycles. The molecule has 0 aliphatic heterocycles. The Balaban J connectivity index is 4.35. The Morgan fingerprint density at radius 3 is 0.968 bits per heavy atom. The standard InChI is InChI=1S/C57H102O6/c1-4-7-10-13-16-19-22-24-26-27-28-29-31-32-35-38-41-44-47-50-56(59)62-53-54(52-61-55(58)49-46-43-40-37-34-21-18-15-12-9-6-3)63-57(60)51-48-45-42-39-36-33-30-25-23-20-17-14-11-8-5-2/h15,17-18,20,25,27-28,30,54H,4-14,16,19,21-24,26,29,31-53H2,1-3H3/b18-15-,20-17-,28-27-,30-25-/t54-/m1/s1. The zero-order chi connectivity index (χ0) is 45.8. The van der Waals surface area contributed by atoms with Crippen LogP contribution in [0.15, 0.2) is 48.6 Å². The Hall–Kier alpha value is -2.63. The first-order chi connectivity index (χ1) is 31.0. The first-order valence-electron chi connectivity index (χ1n) is 27.1. The summed E-state index contributed by atoms with van der Waals surface area (Å²) in [5.74, 6) is -0.903. The van der Waals surface area contributed by atoms with E-state index in [1.54, 1.807) is 0 Å².